The third-order valence-electron chi connectivity index (χ3n) is 1.54. The first-order valence-corrected chi connectivity index (χ1v) is 4.81. The molecule has 1 aromatic rings. The van der Waals surface area contributed by atoms with Crippen molar-refractivity contribution in [3.63, 3.8) is 0 Å². The van der Waals surface area contributed by atoms with Crippen LogP contribution >= 0.6 is 11.6 Å². The van der Waals surface area contributed by atoms with E-state index in [1.165, 1.54) is 0 Å². The lowest BCUT2D eigenvalue weighted by molar-refractivity contribution is 0.200. The predicted molar refractivity (Wildman–Crippen MR) is 55.8 cm³/mol. The van der Waals surface area contributed by atoms with Crippen molar-refractivity contribution in [2.45, 2.75) is 13.3 Å². The summed E-state index contributed by atoms with van der Waals surface area (Å²) in [4.78, 5) is 11.1. The standard InChI is InChI=1S/C10H12ClNO2/c1-2-7-12-10(13)14-9-5-3-8(11)4-6-9/h3-6H,2,7H2,1H3,(H,12,13). The smallest absolute Gasteiger partial charge is 0.410 e. The average Bonchev–Trinajstić information content (AvgIpc) is 2.18. The third kappa shape index (κ3) is 3.66. The van der Waals surface area contributed by atoms with E-state index in [0.717, 1.165) is 6.42 Å². The number of halogens is 1. The Morgan fingerprint density at radius 1 is 1.43 bits per heavy atom. The van der Waals surface area contributed by atoms with Crippen molar-refractivity contribution in [2.24, 2.45) is 0 Å². The highest BCUT2D eigenvalue weighted by atomic mass is 35.5. The van der Waals surface area contributed by atoms with Gasteiger partial charge in [-0.3, -0.25) is 0 Å². The first kappa shape index (κ1) is 10.9. The van der Waals surface area contributed by atoms with Gasteiger partial charge in [-0.05, 0) is 30.7 Å². The summed E-state index contributed by atoms with van der Waals surface area (Å²) in [6.07, 6.45) is 0.449. The Kier molecular flexibility index (Phi) is 4.26. The molecule has 1 amide bonds. The van der Waals surface area contributed by atoms with Crippen LogP contribution in [0.25, 0.3) is 0 Å². The summed E-state index contributed by atoms with van der Waals surface area (Å²) < 4.78 is 4.96. The monoisotopic (exact) mass is 213 g/mol. The third-order valence-corrected chi connectivity index (χ3v) is 1.80. The molecule has 14 heavy (non-hydrogen) atoms. The highest BCUT2D eigenvalue weighted by Gasteiger charge is 2.01. The lowest BCUT2D eigenvalue weighted by Crippen LogP contribution is -2.27. The van der Waals surface area contributed by atoms with Crippen molar-refractivity contribution < 1.29 is 9.53 Å². The zero-order valence-corrected chi connectivity index (χ0v) is 8.67. The molecule has 0 aliphatic carbocycles. The fourth-order valence-corrected chi connectivity index (χ4v) is 0.999. The molecular weight excluding hydrogens is 202 g/mol. The molecule has 0 spiro atoms. The molecular formula is C10H12ClNO2. The fourth-order valence-electron chi connectivity index (χ4n) is 0.873. The SMILES string of the molecule is CCCNC(=O)Oc1ccc(Cl)cc1. The Labute approximate surface area is 88.0 Å². The van der Waals surface area contributed by atoms with Crippen LogP contribution in [0.1, 0.15) is 13.3 Å². The van der Waals surface area contributed by atoms with Gasteiger partial charge in [0.15, 0.2) is 0 Å². The van der Waals surface area contributed by atoms with Crippen molar-refractivity contribution in [3.8, 4) is 5.75 Å². The van der Waals surface area contributed by atoms with Gasteiger partial charge in [-0.25, -0.2) is 4.79 Å². The molecule has 0 heterocycles. The minimum Gasteiger partial charge on any atom is -0.410 e. The van der Waals surface area contributed by atoms with E-state index in [2.05, 4.69) is 5.32 Å². The predicted octanol–water partition coefficient (Wildman–Crippen LogP) is 2.84. The molecule has 1 rings (SSSR count). The summed E-state index contributed by atoms with van der Waals surface area (Å²) in [5.41, 5.74) is 0. The number of carbonyl (C=O) groups is 1. The summed E-state index contributed by atoms with van der Waals surface area (Å²) >= 11 is 5.68. The molecule has 0 unspecified atom stereocenters. The zero-order chi connectivity index (χ0) is 10.4. The molecule has 0 aliphatic rings. The number of amides is 1. The van der Waals surface area contributed by atoms with Crippen molar-refractivity contribution in [3.05, 3.63) is 29.3 Å². The molecule has 76 valence electrons. The van der Waals surface area contributed by atoms with Gasteiger partial charge in [0, 0.05) is 11.6 Å². The van der Waals surface area contributed by atoms with Gasteiger partial charge in [0.05, 0.1) is 0 Å². The summed E-state index contributed by atoms with van der Waals surface area (Å²) in [5, 5.41) is 3.22. The lowest BCUT2D eigenvalue weighted by atomic mass is 10.3. The Morgan fingerprint density at radius 2 is 2.07 bits per heavy atom. The van der Waals surface area contributed by atoms with Crippen LogP contribution in [0.2, 0.25) is 5.02 Å². The maximum absolute atomic E-state index is 11.1. The van der Waals surface area contributed by atoms with Crippen LogP contribution in [-0.4, -0.2) is 12.6 Å². The number of ether oxygens (including phenoxy) is 1. The molecule has 0 fully saturated rings. The number of hydrogen-bond acceptors (Lipinski definition) is 2. The second-order valence-corrected chi connectivity index (χ2v) is 3.21. The van der Waals surface area contributed by atoms with E-state index < -0.39 is 6.09 Å². The highest BCUT2D eigenvalue weighted by Crippen LogP contribution is 2.15. The Morgan fingerprint density at radius 3 is 2.64 bits per heavy atom. The molecule has 0 bridgehead atoms. The lowest BCUT2D eigenvalue weighted by Gasteiger charge is -2.04. The highest BCUT2D eigenvalue weighted by molar-refractivity contribution is 6.30. The van der Waals surface area contributed by atoms with Gasteiger partial charge < -0.3 is 10.1 Å². The average molecular weight is 214 g/mol. The molecule has 3 nitrogen and oxygen atoms in total. The summed E-state index contributed by atoms with van der Waals surface area (Å²) in [5.74, 6) is 0.489. The molecule has 1 aromatic carbocycles. The minimum absolute atomic E-state index is 0.436. The van der Waals surface area contributed by atoms with Gasteiger partial charge in [0.1, 0.15) is 5.75 Å². The normalized spacial score (nSPS) is 9.57. The van der Waals surface area contributed by atoms with Crippen LogP contribution in [0.15, 0.2) is 24.3 Å². The van der Waals surface area contributed by atoms with E-state index in [4.69, 9.17) is 16.3 Å². The van der Waals surface area contributed by atoms with Crippen molar-refractivity contribution in [1.82, 2.24) is 5.32 Å². The van der Waals surface area contributed by atoms with E-state index in [9.17, 15) is 4.79 Å². The molecule has 0 aliphatic heterocycles. The number of rotatable bonds is 3. The molecule has 0 saturated carbocycles. The molecule has 0 atom stereocenters. The topological polar surface area (TPSA) is 38.3 Å². The maximum atomic E-state index is 11.1. The summed E-state index contributed by atoms with van der Waals surface area (Å²) in [7, 11) is 0. The van der Waals surface area contributed by atoms with Crippen molar-refractivity contribution >= 4 is 17.7 Å². The second-order valence-electron chi connectivity index (χ2n) is 2.77. The maximum Gasteiger partial charge on any atom is 0.412 e. The van der Waals surface area contributed by atoms with Gasteiger partial charge in [-0.15, -0.1) is 0 Å². The quantitative estimate of drug-likeness (QED) is 0.839. The van der Waals surface area contributed by atoms with E-state index in [-0.39, 0.29) is 0 Å². The number of nitrogens with one attached hydrogen (secondary N) is 1. The Balaban J connectivity index is 2.44. The zero-order valence-electron chi connectivity index (χ0n) is 7.92. The van der Waals surface area contributed by atoms with Gasteiger partial charge in [-0.2, -0.15) is 0 Å². The summed E-state index contributed by atoms with van der Waals surface area (Å²) in [6, 6.07) is 6.63. The summed E-state index contributed by atoms with van der Waals surface area (Å²) in [6.45, 7) is 2.59. The van der Waals surface area contributed by atoms with Crippen LogP contribution in [-0.2, 0) is 0 Å². The Bertz CT molecular complexity index is 297. The Hall–Kier alpha value is -1.22. The molecule has 4 heteroatoms. The van der Waals surface area contributed by atoms with E-state index in [1.807, 2.05) is 6.92 Å². The first-order chi connectivity index (χ1) is 6.72. The molecule has 1 N–H and O–H groups in total. The first-order valence-electron chi connectivity index (χ1n) is 4.43. The van der Waals surface area contributed by atoms with Crippen LogP contribution < -0.4 is 10.1 Å². The molecule has 0 radical (unpaired) electrons. The van der Waals surface area contributed by atoms with Crippen LogP contribution in [0.5, 0.6) is 5.75 Å². The molecule has 0 aromatic heterocycles. The van der Waals surface area contributed by atoms with E-state index >= 15 is 0 Å². The number of carbonyl (C=O) groups excluding carboxylic acids is 1. The largest absolute Gasteiger partial charge is 0.412 e. The van der Waals surface area contributed by atoms with E-state index in [1.54, 1.807) is 24.3 Å². The van der Waals surface area contributed by atoms with E-state index in [0.29, 0.717) is 17.3 Å². The van der Waals surface area contributed by atoms with Gasteiger partial charge in [0.25, 0.3) is 0 Å². The van der Waals surface area contributed by atoms with Gasteiger partial charge >= 0.3 is 6.09 Å². The second kappa shape index (κ2) is 5.50. The molecule has 0 saturated heterocycles. The van der Waals surface area contributed by atoms with Gasteiger partial charge in [0.2, 0.25) is 0 Å². The van der Waals surface area contributed by atoms with Crippen molar-refractivity contribution in [2.75, 3.05) is 6.54 Å². The fraction of sp³-hybridized carbons (Fsp3) is 0.300. The number of benzene rings is 1. The van der Waals surface area contributed by atoms with Crippen LogP contribution in [0.3, 0.4) is 0 Å². The van der Waals surface area contributed by atoms with Crippen molar-refractivity contribution in [1.29, 1.82) is 0 Å². The van der Waals surface area contributed by atoms with Crippen LogP contribution in [0.4, 0.5) is 4.79 Å². The van der Waals surface area contributed by atoms with Crippen LogP contribution in [0, 0.1) is 0 Å². The van der Waals surface area contributed by atoms with Gasteiger partial charge in [-0.1, -0.05) is 18.5 Å². The minimum atomic E-state index is -0.436. The number of hydrogen-bond donors (Lipinski definition) is 1.